The molecule has 8 heteroatoms. The van der Waals surface area contributed by atoms with Crippen LogP contribution in [0.5, 0.6) is 0 Å². The number of aromatic nitrogens is 6. The normalized spacial score (nSPS) is 10.7. The number of nitrogens with one attached hydrogen (secondary N) is 2. The standard InChI is InChI=1S/C15H17N7O/c1-3-11-6-14(23)21-15(20-11)10-4-5-12(16-7-10)17-8-13-18-9-19-22(13)2/h4-7,9H,3,8H2,1-2H3,(H,16,17)(H,20,21,23). The predicted octanol–water partition coefficient (Wildman–Crippen LogP) is 1.13. The van der Waals surface area contributed by atoms with E-state index in [1.54, 1.807) is 10.9 Å². The molecule has 0 spiro atoms. The van der Waals surface area contributed by atoms with Gasteiger partial charge in [0.05, 0.1) is 6.54 Å². The minimum absolute atomic E-state index is 0.156. The van der Waals surface area contributed by atoms with Crippen molar-refractivity contribution in [3.05, 3.63) is 52.6 Å². The van der Waals surface area contributed by atoms with Crippen LogP contribution in [0.3, 0.4) is 0 Å². The number of anilines is 1. The summed E-state index contributed by atoms with van der Waals surface area (Å²) in [6.07, 6.45) is 3.90. The molecule has 3 rings (SSSR count). The van der Waals surface area contributed by atoms with Crippen LogP contribution >= 0.6 is 0 Å². The third-order valence-corrected chi connectivity index (χ3v) is 3.43. The Morgan fingerprint density at radius 3 is 2.83 bits per heavy atom. The van der Waals surface area contributed by atoms with Gasteiger partial charge in [-0.05, 0) is 18.6 Å². The molecular weight excluding hydrogens is 294 g/mol. The van der Waals surface area contributed by atoms with Crippen LogP contribution in [0.25, 0.3) is 11.4 Å². The van der Waals surface area contributed by atoms with Crippen molar-refractivity contribution in [3.8, 4) is 11.4 Å². The Morgan fingerprint density at radius 2 is 2.17 bits per heavy atom. The second-order valence-corrected chi connectivity index (χ2v) is 5.02. The first-order valence-electron chi connectivity index (χ1n) is 7.29. The summed E-state index contributed by atoms with van der Waals surface area (Å²) in [5.74, 6) is 2.06. The van der Waals surface area contributed by atoms with Crippen molar-refractivity contribution in [1.82, 2.24) is 29.7 Å². The molecular formula is C15H17N7O. The molecule has 0 aromatic carbocycles. The van der Waals surface area contributed by atoms with Gasteiger partial charge in [-0.15, -0.1) is 0 Å². The number of pyridine rings is 1. The fourth-order valence-electron chi connectivity index (χ4n) is 2.11. The van der Waals surface area contributed by atoms with Crippen molar-refractivity contribution in [1.29, 1.82) is 0 Å². The zero-order valence-corrected chi connectivity index (χ0v) is 12.9. The molecule has 0 aliphatic rings. The van der Waals surface area contributed by atoms with Crippen LogP contribution in [0.2, 0.25) is 0 Å². The Kier molecular flexibility index (Phi) is 4.13. The smallest absolute Gasteiger partial charge is 0.251 e. The Bertz CT molecular complexity index is 851. The third-order valence-electron chi connectivity index (χ3n) is 3.43. The van der Waals surface area contributed by atoms with Gasteiger partial charge in [0.2, 0.25) is 0 Å². The number of H-pyrrole nitrogens is 1. The maximum atomic E-state index is 11.6. The van der Waals surface area contributed by atoms with E-state index in [0.29, 0.717) is 24.6 Å². The molecule has 23 heavy (non-hydrogen) atoms. The Balaban J connectivity index is 1.75. The minimum atomic E-state index is -0.156. The highest BCUT2D eigenvalue weighted by Gasteiger charge is 2.05. The summed E-state index contributed by atoms with van der Waals surface area (Å²) in [4.78, 5) is 27.3. The van der Waals surface area contributed by atoms with E-state index in [-0.39, 0.29) is 5.56 Å². The summed E-state index contributed by atoms with van der Waals surface area (Å²) < 4.78 is 1.70. The van der Waals surface area contributed by atoms with Crippen LogP contribution in [-0.2, 0) is 20.0 Å². The summed E-state index contributed by atoms with van der Waals surface area (Å²) in [5, 5.41) is 7.18. The largest absolute Gasteiger partial charge is 0.363 e. The number of hydrogen-bond donors (Lipinski definition) is 2. The lowest BCUT2D eigenvalue weighted by Gasteiger charge is -2.06. The molecule has 118 valence electrons. The maximum absolute atomic E-state index is 11.6. The summed E-state index contributed by atoms with van der Waals surface area (Å²) in [6.45, 7) is 2.49. The zero-order valence-electron chi connectivity index (χ0n) is 12.9. The van der Waals surface area contributed by atoms with E-state index in [4.69, 9.17) is 0 Å². The molecule has 0 aliphatic carbocycles. The van der Waals surface area contributed by atoms with Crippen molar-refractivity contribution in [3.63, 3.8) is 0 Å². The van der Waals surface area contributed by atoms with Gasteiger partial charge in [-0.1, -0.05) is 6.92 Å². The van der Waals surface area contributed by atoms with E-state index in [9.17, 15) is 4.79 Å². The molecule has 2 N–H and O–H groups in total. The van der Waals surface area contributed by atoms with Crippen molar-refractivity contribution in [2.45, 2.75) is 19.9 Å². The van der Waals surface area contributed by atoms with Gasteiger partial charge in [0.1, 0.15) is 23.8 Å². The van der Waals surface area contributed by atoms with Crippen LogP contribution in [0.15, 0.2) is 35.5 Å². The molecule has 0 radical (unpaired) electrons. The molecule has 0 unspecified atom stereocenters. The topological polar surface area (TPSA) is 101 Å². The molecule has 0 saturated carbocycles. The van der Waals surface area contributed by atoms with E-state index in [1.807, 2.05) is 26.1 Å². The van der Waals surface area contributed by atoms with E-state index >= 15 is 0 Å². The SMILES string of the molecule is CCc1cc(=O)[nH]c(-c2ccc(NCc3ncnn3C)nc2)n1. The fraction of sp³-hybridized carbons (Fsp3) is 0.267. The van der Waals surface area contributed by atoms with Crippen LogP contribution in [0.1, 0.15) is 18.4 Å². The summed E-state index contributed by atoms with van der Waals surface area (Å²) in [5.41, 5.74) is 1.37. The Morgan fingerprint density at radius 1 is 1.30 bits per heavy atom. The number of nitrogens with zero attached hydrogens (tertiary/aromatic N) is 5. The van der Waals surface area contributed by atoms with E-state index in [2.05, 4.69) is 30.4 Å². The van der Waals surface area contributed by atoms with Crippen LogP contribution in [0, 0.1) is 0 Å². The molecule has 0 amide bonds. The van der Waals surface area contributed by atoms with Gasteiger partial charge in [0, 0.05) is 30.6 Å². The Hall–Kier alpha value is -3.03. The van der Waals surface area contributed by atoms with Crippen molar-refractivity contribution < 1.29 is 0 Å². The van der Waals surface area contributed by atoms with Gasteiger partial charge in [-0.2, -0.15) is 5.10 Å². The maximum Gasteiger partial charge on any atom is 0.251 e. The lowest BCUT2D eigenvalue weighted by Crippen LogP contribution is -2.10. The van der Waals surface area contributed by atoms with Gasteiger partial charge in [0.25, 0.3) is 5.56 Å². The first kappa shape index (κ1) is 14.9. The van der Waals surface area contributed by atoms with Gasteiger partial charge < -0.3 is 10.3 Å². The second kappa shape index (κ2) is 6.39. The van der Waals surface area contributed by atoms with Crippen molar-refractivity contribution in [2.24, 2.45) is 7.05 Å². The van der Waals surface area contributed by atoms with Gasteiger partial charge >= 0.3 is 0 Å². The first-order valence-corrected chi connectivity index (χ1v) is 7.29. The summed E-state index contributed by atoms with van der Waals surface area (Å²) in [7, 11) is 1.84. The average Bonchev–Trinajstić information content (AvgIpc) is 2.98. The molecule has 0 aliphatic heterocycles. The monoisotopic (exact) mass is 311 g/mol. The van der Waals surface area contributed by atoms with Crippen molar-refractivity contribution >= 4 is 5.82 Å². The molecule has 0 bridgehead atoms. The molecule has 0 atom stereocenters. The van der Waals surface area contributed by atoms with Crippen LogP contribution in [-0.4, -0.2) is 29.7 Å². The highest BCUT2D eigenvalue weighted by molar-refractivity contribution is 5.55. The average molecular weight is 311 g/mol. The number of aryl methyl sites for hydroxylation is 2. The molecule has 0 fully saturated rings. The third kappa shape index (κ3) is 3.42. The molecule has 3 aromatic heterocycles. The minimum Gasteiger partial charge on any atom is -0.363 e. The molecule has 3 aromatic rings. The molecule has 8 nitrogen and oxygen atoms in total. The van der Waals surface area contributed by atoms with Crippen LogP contribution in [0.4, 0.5) is 5.82 Å². The van der Waals surface area contributed by atoms with E-state index in [0.717, 1.165) is 17.1 Å². The number of hydrogen-bond acceptors (Lipinski definition) is 6. The number of rotatable bonds is 5. The highest BCUT2D eigenvalue weighted by atomic mass is 16.1. The van der Waals surface area contributed by atoms with Gasteiger partial charge in [-0.25, -0.2) is 15.0 Å². The van der Waals surface area contributed by atoms with Gasteiger partial charge in [-0.3, -0.25) is 9.48 Å². The molecule has 3 heterocycles. The van der Waals surface area contributed by atoms with Gasteiger partial charge in [0.15, 0.2) is 0 Å². The quantitative estimate of drug-likeness (QED) is 0.732. The second-order valence-electron chi connectivity index (χ2n) is 5.02. The van der Waals surface area contributed by atoms with Crippen LogP contribution < -0.4 is 10.9 Å². The highest BCUT2D eigenvalue weighted by Crippen LogP contribution is 2.15. The predicted molar refractivity (Wildman–Crippen MR) is 85.8 cm³/mol. The molecule has 0 saturated heterocycles. The fourth-order valence-corrected chi connectivity index (χ4v) is 2.11. The number of aromatic amines is 1. The lowest BCUT2D eigenvalue weighted by atomic mass is 10.2. The summed E-state index contributed by atoms with van der Waals surface area (Å²) in [6, 6.07) is 5.21. The zero-order chi connectivity index (χ0) is 16.2. The first-order chi connectivity index (χ1) is 11.2. The van der Waals surface area contributed by atoms with Crippen molar-refractivity contribution in [2.75, 3.05) is 5.32 Å². The van der Waals surface area contributed by atoms with E-state index in [1.165, 1.54) is 12.4 Å². The van der Waals surface area contributed by atoms with E-state index < -0.39 is 0 Å². The Labute approximate surface area is 132 Å². The summed E-state index contributed by atoms with van der Waals surface area (Å²) >= 11 is 0. The lowest BCUT2D eigenvalue weighted by molar-refractivity contribution is 0.711.